The van der Waals surface area contributed by atoms with E-state index in [-0.39, 0.29) is 11.9 Å². The van der Waals surface area contributed by atoms with Crippen molar-refractivity contribution in [1.29, 1.82) is 0 Å². The van der Waals surface area contributed by atoms with E-state index in [0.717, 1.165) is 13.0 Å². The van der Waals surface area contributed by atoms with Crippen LogP contribution in [0.25, 0.3) is 0 Å². The lowest BCUT2D eigenvalue weighted by molar-refractivity contribution is -0.121. The molecule has 0 bridgehead atoms. The molecule has 0 spiro atoms. The molecule has 2 atom stereocenters. The molecule has 0 rings (SSSR count). The van der Waals surface area contributed by atoms with Crippen LogP contribution in [0.5, 0.6) is 0 Å². The number of carbonyl (C=O) groups excluding carboxylic acids is 1. The lowest BCUT2D eigenvalue weighted by atomic mass is 10.0. The molecule has 0 aliphatic rings. The molecule has 0 fully saturated rings. The third-order valence-corrected chi connectivity index (χ3v) is 2.87. The predicted molar refractivity (Wildman–Crippen MR) is 66.2 cm³/mol. The fourth-order valence-electron chi connectivity index (χ4n) is 1.56. The first-order chi connectivity index (χ1) is 7.65. The van der Waals surface area contributed by atoms with E-state index in [4.69, 9.17) is 10.5 Å². The molecule has 4 nitrogen and oxygen atoms in total. The van der Waals surface area contributed by atoms with Gasteiger partial charge in [0.1, 0.15) is 6.04 Å². The number of unbranched alkanes of at least 4 members (excludes halogenated alkanes) is 1. The second-order valence-corrected chi connectivity index (χ2v) is 4.20. The number of nitrogens with two attached hydrogens (primary N) is 1. The first kappa shape index (κ1) is 15.4. The lowest BCUT2D eigenvalue weighted by Gasteiger charge is -2.17. The molecule has 2 unspecified atom stereocenters. The van der Waals surface area contributed by atoms with Gasteiger partial charge in [-0.1, -0.05) is 33.1 Å². The lowest BCUT2D eigenvalue weighted by Crippen LogP contribution is -2.43. The van der Waals surface area contributed by atoms with Gasteiger partial charge < -0.3 is 15.8 Å². The van der Waals surface area contributed by atoms with Gasteiger partial charge in [0.25, 0.3) is 0 Å². The third-order valence-electron chi connectivity index (χ3n) is 2.87. The molecule has 0 saturated heterocycles. The van der Waals surface area contributed by atoms with Crippen molar-refractivity contribution >= 4 is 5.91 Å². The van der Waals surface area contributed by atoms with Crippen molar-refractivity contribution in [3.63, 3.8) is 0 Å². The van der Waals surface area contributed by atoms with Gasteiger partial charge in [0.15, 0.2) is 0 Å². The number of likely N-dealkylation sites (N-methyl/N-ethyl adjacent to an activating group) is 1. The summed E-state index contributed by atoms with van der Waals surface area (Å²) in [6.07, 6.45) is 4.79. The molecule has 0 aliphatic heterocycles. The van der Waals surface area contributed by atoms with Gasteiger partial charge in [-0.2, -0.15) is 0 Å². The second-order valence-electron chi connectivity index (χ2n) is 4.20. The molecule has 0 aromatic carbocycles. The Morgan fingerprint density at radius 3 is 2.50 bits per heavy atom. The summed E-state index contributed by atoms with van der Waals surface area (Å²) in [5.74, 6) is 0.245. The smallest absolute Gasteiger partial charge is 0.236 e. The molecule has 0 aromatic heterocycles. The molecular formula is C12H26N2O2. The van der Waals surface area contributed by atoms with Gasteiger partial charge in [-0.15, -0.1) is 0 Å². The van der Waals surface area contributed by atoms with Crippen molar-refractivity contribution in [2.24, 2.45) is 11.7 Å². The second kappa shape index (κ2) is 9.60. The van der Waals surface area contributed by atoms with Gasteiger partial charge in [0, 0.05) is 6.61 Å². The van der Waals surface area contributed by atoms with Crippen LogP contribution in [0.15, 0.2) is 0 Å². The molecule has 0 heterocycles. The summed E-state index contributed by atoms with van der Waals surface area (Å²) < 4.78 is 5.53. The van der Waals surface area contributed by atoms with Crippen molar-refractivity contribution < 1.29 is 9.53 Å². The van der Waals surface area contributed by atoms with E-state index in [1.807, 2.05) is 0 Å². The Morgan fingerprint density at radius 2 is 2.06 bits per heavy atom. The van der Waals surface area contributed by atoms with Crippen LogP contribution in [0.4, 0.5) is 0 Å². The first-order valence-corrected chi connectivity index (χ1v) is 6.19. The molecule has 4 heteroatoms. The molecule has 16 heavy (non-hydrogen) atoms. The highest BCUT2D eigenvalue weighted by molar-refractivity contribution is 5.79. The summed E-state index contributed by atoms with van der Waals surface area (Å²) >= 11 is 0. The number of amides is 1. The average molecular weight is 230 g/mol. The van der Waals surface area contributed by atoms with Gasteiger partial charge in [0.2, 0.25) is 5.91 Å². The van der Waals surface area contributed by atoms with Crippen LogP contribution in [0, 0.1) is 5.92 Å². The van der Waals surface area contributed by atoms with E-state index >= 15 is 0 Å². The van der Waals surface area contributed by atoms with Crippen LogP contribution in [0.2, 0.25) is 0 Å². The minimum absolute atomic E-state index is 0.357. The normalized spacial score (nSPS) is 14.7. The Hall–Kier alpha value is -0.610. The van der Waals surface area contributed by atoms with Gasteiger partial charge in [0.05, 0.1) is 6.61 Å². The highest BCUT2D eigenvalue weighted by Crippen LogP contribution is 2.12. The van der Waals surface area contributed by atoms with E-state index < -0.39 is 0 Å². The maximum Gasteiger partial charge on any atom is 0.236 e. The zero-order chi connectivity index (χ0) is 12.4. The minimum Gasteiger partial charge on any atom is -0.379 e. The fraction of sp³-hybridized carbons (Fsp3) is 0.917. The maximum absolute atomic E-state index is 10.9. The highest BCUT2D eigenvalue weighted by Gasteiger charge is 2.13. The van der Waals surface area contributed by atoms with Crippen molar-refractivity contribution in [2.45, 2.75) is 45.6 Å². The van der Waals surface area contributed by atoms with Crippen molar-refractivity contribution in [3.05, 3.63) is 0 Å². The van der Waals surface area contributed by atoms with Crippen LogP contribution < -0.4 is 11.1 Å². The molecule has 0 aliphatic carbocycles. The Morgan fingerprint density at radius 1 is 1.38 bits per heavy atom. The van der Waals surface area contributed by atoms with Crippen LogP contribution in [-0.4, -0.2) is 32.2 Å². The van der Waals surface area contributed by atoms with E-state index in [1.165, 1.54) is 19.3 Å². The molecular weight excluding hydrogens is 204 g/mol. The minimum atomic E-state index is -0.372. The zero-order valence-corrected chi connectivity index (χ0v) is 10.8. The Kier molecular flexibility index (Phi) is 9.24. The number of hydrogen-bond donors (Lipinski definition) is 2. The molecule has 1 amide bonds. The number of ether oxygens (including phenoxy) is 1. The van der Waals surface area contributed by atoms with Crippen LogP contribution in [-0.2, 0) is 9.53 Å². The molecule has 0 aromatic rings. The average Bonchev–Trinajstić information content (AvgIpc) is 2.28. The number of rotatable bonds is 10. The van der Waals surface area contributed by atoms with Crippen molar-refractivity contribution in [3.8, 4) is 0 Å². The number of carbonyl (C=O) groups is 1. The van der Waals surface area contributed by atoms with Gasteiger partial charge in [-0.3, -0.25) is 4.79 Å². The first-order valence-electron chi connectivity index (χ1n) is 6.19. The summed E-state index contributed by atoms with van der Waals surface area (Å²) in [6, 6.07) is -0.372. The van der Waals surface area contributed by atoms with Gasteiger partial charge in [-0.25, -0.2) is 0 Å². The summed E-state index contributed by atoms with van der Waals surface area (Å²) in [4.78, 5) is 10.9. The van der Waals surface area contributed by atoms with Gasteiger partial charge >= 0.3 is 0 Å². The molecule has 96 valence electrons. The SMILES string of the molecule is CCCCC(CC)COCC(NC)C(N)=O. The topological polar surface area (TPSA) is 64.3 Å². The van der Waals surface area contributed by atoms with Crippen molar-refractivity contribution in [1.82, 2.24) is 5.32 Å². The fourth-order valence-corrected chi connectivity index (χ4v) is 1.56. The number of primary amides is 1. The van der Waals surface area contributed by atoms with Crippen LogP contribution in [0.1, 0.15) is 39.5 Å². The van der Waals surface area contributed by atoms with E-state index in [1.54, 1.807) is 7.05 Å². The summed E-state index contributed by atoms with van der Waals surface area (Å²) in [5.41, 5.74) is 5.20. The Labute approximate surface area is 98.9 Å². The van der Waals surface area contributed by atoms with Crippen LogP contribution >= 0.6 is 0 Å². The van der Waals surface area contributed by atoms with E-state index in [9.17, 15) is 4.79 Å². The van der Waals surface area contributed by atoms with Crippen LogP contribution in [0.3, 0.4) is 0 Å². The Balaban J connectivity index is 3.71. The monoisotopic (exact) mass is 230 g/mol. The highest BCUT2D eigenvalue weighted by atomic mass is 16.5. The zero-order valence-electron chi connectivity index (χ0n) is 10.8. The molecule has 0 radical (unpaired) electrons. The summed E-state index contributed by atoms with van der Waals surface area (Å²) in [6.45, 7) is 5.46. The predicted octanol–water partition coefficient (Wildman–Crippen LogP) is 1.29. The van der Waals surface area contributed by atoms with Gasteiger partial charge in [-0.05, 0) is 19.4 Å². The largest absolute Gasteiger partial charge is 0.379 e. The number of nitrogens with one attached hydrogen (secondary N) is 1. The maximum atomic E-state index is 10.9. The van der Waals surface area contributed by atoms with E-state index in [2.05, 4.69) is 19.2 Å². The molecule has 0 saturated carbocycles. The quantitative estimate of drug-likeness (QED) is 0.594. The van der Waals surface area contributed by atoms with E-state index in [0.29, 0.717) is 12.5 Å². The van der Waals surface area contributed by atoms with Crippen molar-refractivity contribution in [2.75, 3.05) is 20.3 Å². The third kappa shape index (κ3) is 6.80. The number of hydrogen-bond acceptors (Lipinski definition) is 3. The molecule has 3 N–H and O–H groups in total. The summed E-state index contributed by atoms with van der Waals surface area (Å²) in [5, 5.41) is 2.84. The Bertz CT molecular complexity index is 186. The standard InChI is InChI=1S/C12H26N2O2/c1-4-6-7-10(5-2)8-16-9-11(14-3)12(13)15/h10-11,14H,4-9H2,1-3H3,(H2,13,15). The summed E-state index contributed by atoms with van der Waals surface area (Å²) in [7, 11) is 1.72.